The topological polar surface area (TPSA) is 179 Å². The summed E-state index contributed by atoms with van der Waals surface area (Å²) >= 11 is 6.06. The molecule has 3 amide bonds. The van der Waals surface area contributed by atoms with Crippen LogP contribution in [0.5, 0.6) is 0 Å². The molecular weight excluding hydrogens is 543 g/mol. The molecule has 0 saturated heterocycles. The maximum atomic E-state index is 13.2. The van der Waals surface area contributed by atoms with Crippen molar-refractivity contribution in [2.24, 2.45) is 11.5 Å². The second-order valence-electron chi connectivity index (χ2n) is 7.74. The highest BCUT2D eigenvalue weighted by atomic mass is 35.5. The van der Waals surface area contributed by atoms with Gasteiger partial charge in [-0.3, -0.25) is 18.7 Å². The molecule has 0 heterocycles. The lowest BCUT2D eigenvalue weighted by Gasteiger charge is -2.20. The largest absolute Gasteiger partial charge is 0.452 e. The summed E-state index contributed by atoms with van der Waals surface area (Å²) in [5.74, 6) is -4.25. The molecule has 11 nitrogen and oxygen atoms in total. The predicted molar refractivity (Wildman–Crippen MR) is 136 cm³/mol. The van der Waals surface area contributed by atoms with E-state index in [1.807, 2.05) is 0 Å². The molecule has 0 saturated carbocycles. The molecule has 0 spiro atoms. The average Bonchev–Trinajstić information content (AvgIpc) is 2.87. The van der Waals surface area contributed by atoms with E-state index in [2.05, 4.69) is 5.32 Å². The first kappa shape index (κ1) is 28.1. The highest BCUT2D eigenvalue weighted by Gasteiger charge is 2.25. The number of anilines is 2. The fraction of sp³-hybridized carbons (Fsp3) is 0.0833. The van der Waals surface area contributed by atoms with Crippen molar-refractivity contribution in [2.75, 3.05) is 23.3 Å². The third-order valence-electron chi connectivity index (χ3n) is 5.13. The number of nitrogens with zero attached hydrogens (tertiary/aromatic N) is 1. The number of nitrogens with two attached hydrogens (primary N) is 2. The zero-order valence-corrected chi connectivity index (χ0v) is 21.2. The number of esters is 1. The number of halogens is 2. The van der Waals surface area contributed by atoms with E-state index in [9.17, 15) is 32.0 Å². The molecule has 198 valence electrons. The van der Waals surface area contributed by atoms with Gasteiger partial charge in [-0.05, 0) is 60.7 Å². The number of hydrogen-bond acceptors (Lipinski definition) is 7. The fourth-order valence-corrected chi connectivity index (χ4v) is 4.58. The van der Waals surface area contributed by atoms with Gasteiger partial charge in [0.2, 0.25) is 11.8 Å². The minimum atomic E-state index is -4.18. The van der Waals surface area contributed by atoms with Gasteiger partial charge in [-0.2, -0.15) is 0 Å². The molecular formula is C24H20ClFN4O7S. The van der Waals surface area contributed by atoms with Crippen LogP contribution in [0.1, 0.15) is 31.1 Å². The standard InChI is InChI=1S/C24H20ClFN4O7S/c1-30(17-4-2-15(26)3-5-17)38(35,36)18-6-7-20(25)19(11-18)24(34)37-12-21(31)29-16-9-13(22(27)32)8-14(10-16)23(28)33/h2-11H,12H2,1H3,(H2,27,32)(H2,28,33)(H,29,31). The SMILES string of the molecule is CN(c1ccc(F)cc1)S(=O)(=O)c1ccc(Cl)c(C(=O)OCC(=O)Nc2cc(C(N)=O)cc(C(N)=O)c2)c1. The molecule has 0 fully saturated rings. The smallest absolute Gasteiger partial charge is 0.340 e. The Kier molecular flexibility index (Phi) is 8.33. The van der Waals surface area contributed by atoms with Crippen LogP contribution in [0.3, 0.4) is 0 Å². The average molecular weight is 563 g/mol. The summed E-state index contributed by atoms with van der Waals surface area (Å²) < 4.78 is 45.1. The number of carbonyl (C=O) groups excluding carboxylic acids is 4. The van der Waals surface area contributed by atoms with Crippen molar-refractivity contribution in [2.45, 2.75) is 4.90 Å². The summed E-state index contributed by atoms with van der Waals surface area (Å²) in [5, 5.41) is 2.19. The summed E-state index contributed by atoms with van der Waals surface area (Å²) in [6.45, 7) is -0.825. The Balaban J connectivity index is 1.75. The number of nitrogens with one attached hydrogen (secondary N) is 1. The Morgan fingerprint density at radius 3 is 2.08 bits per heavy atom. The normalized spacial score (nSPS) is 10.9. The lowest BCUT2D eigenvalue weighted by atomic mass is 10.1. The minimum absolute atomic E-state index is 0.00824. The van der Waals surface area contributed by atoms with Gasteiger partial charge in [0.25, 0.3) is 15.9 Å². The summed E-state index contributed by atoms with van der Waals surface area (Å²) in [5.41, 5.74) is 10.1. The maximum absolute atomic E-state index is 13.2. The number of sulfonamides is 1. The molecule has 3 aromatic rings. The van der Waals surface area contributed by atoms with E-state index in [0.29, 0.717) is 0 Å². The van der Waals surface area contributed by atoms with Gasteiger partial charge in [-0.15, -0.1) is 0 Å². The third-order valence-corrected chi connectivity index (χ3v) is 7.24. The number of amides is 3. The highest BCUT2D eigenvalue weighted by Crippen LogP contribution is 2.26. The van der Waals surface area contributed by atoms with Crippen molar-refractivity contribution in [3.63, 3.8) is 0 Å². The van der Waals surface area contributed by atoms with Crippen LogP contribution in [0.2, 0.25) is 5.02 Å². The summed E-state index contributed by atoms with van der Waals surface area (Å²) in [6.07, 6.45) is 0. The molecule has 0 aliphatic heterocycles. The van der Waals surface area contributed by atoms with Gasteiger partial charge in [0.05, 0.1) is 21.2 Å². The second kappa shape index (κ2) is 11.3. The molecule has 0 atom stereocenters. The third kappa shape index (κ3) is 6.44. The Bertz CT molecular complexity index is 1510. The number of hydrogen-bond donors (Lipinski definition) is 3. The first-order valence-corrected chi connectivity index (χ1v) is 12.4. The molecule has 0 unspecified atom stereocenters. The number of rotatable bonds is 9. The monoisotopic (exact) mass is 562 g/mol. The van der Waals surface area contributed by atoms with Crippen molar-refractivity contribution < 1.29 is 36.7 Å². The van der Waals surface area contributed by atoms with Gasteiger partial charge in [0.1, 0.15) is 5.82 Å². The van der Waals surface area contributed by atoms with Gasteiger partial charge >= 0.3 is 5.97 Å². The van der Waals surface area contributed by atoms with Crippen molar-refractivity contribution in [1.82, 2.24) is 0 Å². The van der Waals surface area contributed by atoms with Gasteiger partial charge < -0.3 is 21.5 Å². The zero-order valence-electron chi connectivity index (χ0n) is 19.6. The first-order valence-electron chi connectivity index (χ1n) is 10.6. The van der Waals surface area contributed by atoms with E-state index < -0.39 is 46.1 Å². The van der Waals surface area contributed by atoms with Crippen molar-refractivity contribution in [1.29, 1.82) is 0 Å². The molecule has 5 N–H and O–H groups in total. The van der Waals surface area contributed by atoms with E-state index >= 15 is 0 Å². The van der Waals surface area contributed by atoms with Crippen LogP contribution in [0, 0.1) is 5.82 Å². The van der Waals surface area contributed by atoms with Gasteiger partial charge in [-0.1, -0.05) is 11.6 Å². The molecule has 0 aromatic heterocycles. The van der Waals surface area contributed by atoms with Crippen LogP contribution < -0.4 is 21.1 Å². The van der Waals surface area contributed by atoms with E-state index in [4.69, 9.17) is 27.8 Å². The maximum Gasteiger partial charge on any atom is 0.340 e. The second-order valence-corrected chi connectivity index (χ2v) is 10.1. The molecule has 0 aliphatic carbocycles. The van der Waals surface area contributed by atoms with E-state index in [1.165, 1.54) is 43.4 Å². The van der Waals surface area contributed by atoms with Crippen LogP contribution in [0.25, 0.3) is 0 Å². The quantitative estimate of drug-likeness (QED) is 0.335. The van der Waals surface area contributed by atoms with Crippen molar-refractivity contribution in [3.05, 3.63) is 88.2 Å². The molecule has 3 rings (SSSR count). The van der Waals surface area contributed by atoms with E-state index in [-0.39, 0.29) is 38.0 Å². The minimum Gasteiger partial charge on any atom is -0.452 e. The van der Waals surface area contributed by atoms with Crippen molar-refractivity contribution in [3.8, 4) is 0 Å². The Labute approximate surface area is 221 Å². The van der Waals surface area contributed by atoms with Crippen LogP contribution in [0.4, 0.5) is 15.8 Å². The molecule has 3 aromatic carbocycles. The van der Waals surface area contributed by atoms with E-state index in [1.54, 1.807) is 0 Å². The lowest BCUT2D eigenvalue weighted by Crippen LogP contribution is -2.27. The van der Waals surface area contributed by atoms with Gasteiger partial charge in [-0.25, -0.2) is 17.6 Å². The van der Waals surface area contributed by atoms with Crippen LogP contribution >= 0.6 is 11.6 Å². The van der Waals surface area contributed by atoms with Crippen molar-refractivity contribution >= 4 is 56.7 Å². The van der Waals surface area contributed by atoms with Gasteiger partial charge in [0, 0.05) is 23.9 Å². The number of ether oxygens (including phenoxy) is 1. The molecule has 38 heavy (non-hydrogen) atoms. The molecule has 0 radical (unpaired) electrons. The highest BCUT2D eigenvalue weighted by molar-refractivity contribution is 7.92. The van der Waals surface area contributed by atoms with Crippen LogP contribution in [0.15, 0.2) is 65.6 Å². The Morgan fingerprint density at radius 1 is 0.947 bits per heavy atom. The summed E-state index contributed by atoms with van der Waals surface area (Å²) in [7, 11) is -2.94. The van der Waals surface area contributed by atoms with E-state index in [0.717, 1.165) is 28.6 Å². The van der Waals surface area contributed by atoms with Crippen LogP contribution in [-0.2, 0) is 19.6 Å². The Hall–Kier alpha value is -4.49. The zero-order chi connectivity index (χ0) is 28.2. The predicted octanol–water partition coefficient (Wildman–Crippen LogP) is 2.30. The fourth-order valence-electron chi connectivity index (χ4n) is 3.16. The van der Waals surface area contributed by atoms with Gasteiger partial charge in [0.15, 0.2) is 6.61 Å². The summed E-state index contributed by atoms with van der Waals surface area (Å²) in [6, 6.07) is 11.6. The molecule has 14 heteroatoms. The first-order chi connectivity index (χ1) is 17.8. The molecule has 0 aliphatic rings. The van der Waals surface area contributed by atoms with Crippen LogP contribution in [-0.4, -0.2) is 45.8 Å². The number of primary amides is 2. The summed E-state index contributed by atoms with van der Waals surface area (Å²) in [4.78, 5) is 47.5. The number of benzene rings is 3. The molecule has 0 bridgehead atoms. The lowest BCUT2D eigenvalue weighted by molar-refractivity contribution is -0.119. The Morgan fingerprint density at radius 2 is 1.53 bits per heavy atom. The number of carbonyl (C=O) groups is 4.